The molecule has 82 heavy (non-hydrogen) atoms. The Morgan fingerprint density at radius 3 is 1.38 bits per heavy atom. The van der Waals surface area contributed by atoms with Crippen molar-refractivity contribution in [1.29, 1.82) is 0 Å². The van der Waals surface area contributed by atoms with Gasteiger partial charge in [-0.1, -0.05) is 98.3 Å². The molecule has 0 heterocycles. The van der Waals surface area contributed by atoms with Crippen molar-refractivity contribution in [2.24, 2.45) is 11.8 Å². The molecule has 0 aromatic carbocycles. The van der Waals surface area contributed by atoms with Gasteiger partial charge < -0.3 is 71.1 Å². The van der Waals surface area contributed by atoms with Crippen LogP contribution in [0.2, 0.25) is 0 Å². The van der Waals surface area contributed by atoms with E-state index in [0.717, 1.165) is 38.5 Å². The summed E-state index contributed by atoms with van der Waals surface area (Å²) in [6.07, 6.45) is 16.5. The van der Waals surface area contributed by atoms with Crippen LogP contribution in [0.4, 0.5) is 0 Å². The maximum atomic E-state index is 12.1. The molecule has 0 aliphatic heterocycles. The predicted molar refractivity (Wildman–Crippen MR) is 305 cm³/mol. The van der Waals surface area contributed by atoms with Crippen LogP contribution >= 0.6 is 0 Å². The van der Waals surface area contributed by atoms with Gasteiger partial charge in [-0.2, -0.15) is 0 Å². The van der Waals surface area contributed by atoms with E-state index in [4.69, 9.17) is 24.4 Å². The number of Topliss-reactive ketones (excluding diaryl/α,β-unsaturated/α-hetero) is 2. The first-order valence-corrected chi connectivity index (χ1v) is 29.4. The van der Waals surface area contributed by atoms with Gasteiger partial charge in [0.15, 0.2) is 11.6 Å². The third kappa shape index (κ3) is 53.7. The minimum Gasteiger partial charge on any atom is -0.481 e. The first kappa shape index (κ1) is 80.6. The summed E-state index contributed by atoms with van der Waals surface area (Å²) < 4.78 is 20.5. The molecule has 5 amide bonds. The number of carbonyl (C=O) groups excluding carboxylic acids is 7. The summed E-state index contributed by atoms with van der Waals surface area (Å²) >= 11 is 0. The van der Waals surface area contributed by atoms with Crippen LogP contribution in [0.15, 0.2) is 0 Å². The van der Waals surface area contributed by atoms with E-state index in [1.165, 1.54) is 52.1 Å². The molecule has 10 N–H and O–H groups in total. The molecule has 0 bridgehead atoms. The van der Waals surface area contributed by atoms with Gasteiger partial charge in [-0.25, -0.2) is 9.59 Å². The van der Waals surface area contributed by atoms with Crippen LogP contribution in [-0.2, 0) is 71.7 Å². The van der Waals surface area contributed by atoms with Gasteiger partial charge in [-0.15, -0.1) is 0 Å². The van der Waals surface area contributed by atoms with Crippen LogP contribution in [0, 0.1) is 11.8 Å². The fraction of sp³-hybridized carbons (Fsp3) is 0.807. The largest absolute Gasteiger partial charge is 0.481 e. The van der Waals surface area contributed by atoms with Crippen molar-refractivity contribution in [1.82, 2.24) is 26.6 Å². The molecule has 0 aliphatic rings. The lowest BCUT2D eigenvalue weighted by atomic mass is 9.95. The number of rotatable bonds is 53. The number of nitrogens with one attached hydrogen (secondary N) is 5. The number of ether oxygens (including phenoxy) is 4. The smallest absolute Gasteiger partial charge is 0.326 e. The van der Waals surface area contributed by atoms with Crippen LogP contribution in [0.3, 0.4) is 0 Å². The number of aliphatic carboxylic acids is 4. The standard InChI is InChI=1S/C29H55N3O8.C23H38N2O10.C5H10O2/c1-3-5-6-7-8-9-10-11-12-13-14-27(34)32-25(29(36)37)15-16-26(33)30-17-21-39-22-23-40-24-28(35)31-18-20-38-19-4-2;1-3-15(19(28)13-26)6-4-5-11-24-20(29)10-8-18(23(33)34)25-21(30)9-7-16(22(31)32)12-17(27)14-35-2;1-2-3-4-5(6)7/h25H,3-24H2,1-2H3,(H,30,33)(H,31,35)(H,32,34)(H,36,37);15-16,18,26H,3-14H2,1-2H3,(H,24,29)(H,25,30)(H,31,32)(H,33,34);2-4H2,1H3,(H,6,7)/t25-;15-,16+,18-;/m00./s1. The number of carboxylic acids is 4. The van der Waals surface area contributed by atoms with E-state index in [1.807, 2.05) is 20.8 Å². The van der Waals surface area contributed by atoms with E-state index in [0.29, 0.717) is 64.8 Å². The minimum absolute atomic E-state index is 0.0167. The topological polar surface area (TPSA) is 386 Å². The molecule has 0 fully saturated rings. The first-order chi connectivity index (χ1) is 39.2. The molecule has 0 radical (unpaired) electrons. The van der Waals surface area contributed by atoms with Crippen LogP contribution in [0.5, 0.6) is 0 Å². The Kier molecular flexibility index (Phi) is 56.2. The predicted octanol–water partition coefficient (Wildman–Crippen LogP) is 4.90. The second kappa shape index (κ2) is 57.2. The van der Waals surface area contributed by atoms with E-state index >= 15 is 0 Å². The Morgan fingerprint density at radius 2 is 0.902 bits per heavy atom. The highest BCUT2D eigenvalue weighted by atomic mass is 16.5. The van der Waals surface area contributed by atoms with Crippen LogP contribution in [-0.4, -0.2) is 182 Å². The highest BCUT2D eigenvalue weighted by Crippen LogP contribution is 2.15. The molecular formula is C57H103N5O20. The highest BCUT2D eigenvalue weighted by Gasteiger charge is 2.26. The molecule has 0 aromatic rings. The molecular weight excluding hydrogens is 1070 g/mol. The van der Waals surface area contributed by atoms with Crippen LogP contribution in [0.25, 0.3) is 0 Å². The molecule has 476 valence electrons. The average Bonchev–Trinajstić information content (AvgIpc) is 3.44. The van der Waals surface area contributed by atoms with Crippen LogP contribution < -0.4 is 26.6 Å². The Labute approximate surface area is 485 Å². The maximum absolute atomic E-state index is 12.1. The summed E-state index contributed by atoms with van der Waals surface area (Å²) in [4.78, 5) is 127. The van der Waals surface area contributed by atoms with Crippen molar-refractivity contribution < 1.29 is 97.2 Å². The van der Waals surface area contributed by atoms with Crippen molar-refractivity contribution in [3.63, 3.8) is 0 Å². The SMILES string of the molecule is CCCCC(=O)O.CCCCCCCCCCCCC(=O)N[C@@H](CCC(=O)NCCOCCOCC(=O)NCCOCCC)C(=O)O.CC[C@@H](CCCCNC(=O)CC[C@H](NC(=O)CC[C@H](CC(=O)COC)C(=O)O)C(=O)O)C(=O)CO. The van der Waals surface area contributed by atoms with E-state index in [-0.39, 0.29) is 120 Å². The van der Waals surface area contributed by atoms with E-state index in [9.17, 15) is 68.1 Å². The third-order valence-corrected chi connectivity index (χ3v) is 12.4. The number of hydrogen-bond acceptors (Lipinski definition) is 16. The van der Waals surface area contributed by atoms with Crippen molar-refractivity contribution in [3.05, 3.63) is 0 Å². The number of carboxylic acid groups (broad SMARTS) is 4. The fourth-order valence-electron chi connectivity index (χ4n) is 7.66. The Hall–Kier alpha value is -5.63. The summed E-state index contributed by atoms with van der Waals surface area (Å²) in [7, 11) is 1.30. The minimum atomic E-state index is -1.32. The van der Waals surface area contributed by atoms with Gasteiger partial charge in [-0.3, -0.25) is 43.2 Å². The molecule has 25 nitrogen and oxygen atoms in total. The number of ketones is 2. The molecule has 0 aromatic heterocycles. The van der Waals surface area contributed by atoms with Crippen LogP contribution in [0.1, 0.15) is 195 Å². The summed E-state index contributed by atoms with van der Waals surface area (Å²) in [5.74, 6) is -8.20. The van der Waals surface area contributed by atoms with Gasteiger partial charge >= 0.3 is 23.9 Å². The zero-order valence-electron chi connectivity index (χ0n) is 49.8. The monoisotopic (exact) mass is 1180 g/mol. The number of amides is 5. The van der Waals surface area contributed by atoms with Gasteiger partial charge in [0.25, 0.3) is 0 Å². The summed E-state index contributed by atoms with van der Waals surface area (Å²) in [5, 5.41) is 57.7. The second-order valence-corrected chi connectivity index (χ2v) is 19.7. The lowest BCUT2D eigenvalue weighted by Crippen LogP contribution is -2.42. The van der Waals surface area contributed by atoms with Gasteiger partial charge in [0.05, 0.1) is 32.3 Å². The van der Waals surface area contributed by atoms with Crippen molar-refractivity contribution in [3.8, 4) is 0 Å². The molecule has 0 saturated heterocycles. The van der Waals surface area contributed by atoms with E-state index in [2.05, 4.69) is 38.2 Å². The van der Waals surface area contributed by atoms with Crippen molar-refractivity contribution in [2.75, 3.05) is 79.6 Å². The van der Waals surface area contributed by atoms with Crippen molar-refractivity contribution in [2.45, 2.75) is 207 Å². The highest BCUT2D eigenvalue weighted by molar-refractivity contribution is 5.87. The lowest BCUT2D eigenvalue weighted by molar-refractivity contribution is -0.145. The third-order valence-electron chi connectivity index (χ3n) is 12.4. The summed E-state index contributed by atoms with van der Waals surface area (Å²) in [6.45, 7) is 10.3. The first-order valence-electron chi connectivity index (χ1n) is 29.4. The average molecular weight is 1180 g/mol. The Balaban J connectivity index is -0.00000137. The molecule has 0 spiro atoms. The zero-order chi connectivity index (χ0) is 62.2. The fourth-order valence-corrected chi connectivity index (χ4v) is 7.66. The number of unbranched alkanes of at least 4 members (excludes halogenated alkanes) is 11. The Morgan fingerprint density at radius 1 is 0.415 bits per heavy atom. The second-order valence-electron chi connectivity index (χ2n) is 19.7. The zero-order valence-corrected chi connectivity index (χ0v) is 49.8. The van der Waals surface area contributed by atoms with Gasteiger partial charge in [-0.05, 0) is 57.8 Å². The maximum Gasteiger partial charge on any atom is 0.326 e. The van der Waals surface area contributed by atoms with E-state index in [1.54, 1.807) is 0 Å². The molecule has 0 saturated carbocycles. The number of aliphatic hydroxyl groups is 1. The molecule has 0 aliphatic carbocycles. The van der Waals surface area contributed by atoms with Gasteiger partial charge in [0.2, 0.25) is 29.5 Å². The lowest BCUT2D eigenvalue weighted by Gasteiger charge is -2.16. The molecule has 0 rings (SSSR count). The molecule has 4 atom stereocenters. The normalized spacial score (nSPS) is 12.1. The number of hydrogen-bond donors (Lipinski definition) is 10. The number of aliphatic hydroxyl groups excluding tert-OH is 1. The quantitative estimate of drug-likeness (QED) is 0.0362. The summed E-state index contributed by atoms with van der Waals surface area (Å²) in [6, 6.07) is -2.41. The van der Waals surface area contributed by atoms with Gasteiger partial charge in [0, 0.05) is 77.8 Å². The van der Waals surface area contributed by atoms with Gasteiger partial charge in [0.1, 0.15) is 31.9 Å². The molecule has 0 unspecified atom stereocenters. The number of methoxy groups -OCH3 is 1. The van der Waals surface area contributed by atoms with Crippen molar-refractivity contribution >= 4 is 65.0 Å². The molecule has 25 heteroatoms. The summed E-state index contributed by atoms with van der Waals surface area (Å²) in [5.41, 5.74) is 0. The van der Waals surface area contributed by atoms with E-state index < -0.39 is 60.2 Å². The Bertz CT molecular complexity index is 1770. The number of carbonyl (C=O) groups is 11.